The third kappa shape index (κ3) is 4.98. The van der Waals surface area contributed by atoms with Gasteiger partial charge in [-0.3, -0.25) is 9.48 Å². The van der Waals surface area contributed by atoms with Crippen LogP contribution in [0.4, 0.5) is 10.1 Å². The molecule has 0 aliphatic carbocycles. The monoisotopic (exact) mass is 383 g/mol. The van der Waals surface area contributed by atoms with E-state index in [9.17, 15) is 4.39 Å². The van der Waals surface area contributed by atoms with Crippen LogP contribution in [0.3, 0.4) is 0 Å². The Labute approximate surface area is 156 Å². The Kier molecular flexibility index (Phi) is 5.93. The molecule has 2 aromatic carbocycles. The third-order valence-electron chi connectivity index (χ3n) is 3.03. The van der Waals surface area contributed by atoms with E-state index < -0.39 is 5.82 Å². The summed E-state index contributed by atoms with van der Waals surface area (Å²) in [5, 5.41) is 1.02. The molecule has 3 nitrogen and oxygen atoms in total. The van der Waals surface area contributed by atoms with Crippen molar-refractivity contribution in [1.29, 1.82) is 0 Å². The lowest BCUT2D eigenvalue weighted by molar-refractivity contribution is -0.775. The van der Waals surface area contributed by atoms with E-state index in [1.807, 2.05) is 21.1 Å². The molecule has 0 bridgehead atoms. The molecule has 0 aliphatic rings. The maximum absolute atomic E-state index is 13.7. The molecule has 24 heavy (non-hydrogen) atoms. The minimum Gasteiger partial charge on any atom is -0.740 e. The van der Waals surface area contributed by atoms with Gasteiger partial charge in [0.15, 0.2) is 0 Å². The molecular weight excluding hydrogens is 368 g/mol. The molecule has 0 N–H and O–H groups in total. The zero-order valence-electron chi connectivity index (χ0n) is 13.4. The second kappa shape index (κ2) is 7.57. The van der Waals surface area contributed by atoms with Crippen molar-refractivity contribution in [3.8, 4) is 0 Å². The number of halogens is 3. The Bertz CT molecular complexity index is 793. The molecule has 0 amide bonds. The smallest absolute Gasteiger partial charge is 0.234 e. The molecule has 0 aliphatic heterocycles. The van der Waals surface area contributed by atoms with Gasteiger partial charge in [-0.1, -0.05) is 35.3 Å². The minimum atomic E-state index is -0.451. The summed E-state index contributed by atoms with van der Waals surface area (Å²) >= 11 is 17.4. The van der Waals surface area contributed by atoms with Gasteiger partial charge >= 0.3 is 0 Å². The highest BCUT2D eigenvalue weighted by Crippen LogP contribution is 2.22. The van der Waals surface area contributed by atoms with Crippen molar-refractivity contribution in [3.05, 3.63) is 63.9 Å². The van der Waals surface area contributed by atoms with E-state index in [1.54, 1.807) is 36.4 Å². The minimum absolute atomic E-state index is 0.0271. The number of hydrogen-bond acceptors (Lipinski definition) is 2. The molecule has 0 atom stereocenters. The zero-order valence-corrected chi connectivity index (χ0v) is 15.8. The highest BCUT2D eigenvalue weighted by molar-refractivity contribution is 7.77. The number of nitrogens with zero attached hydrogens (tertiary/aromatic N) is 3. The molecule has 0 fully saturated rings. The Morgan fingerprint density at radius 1 is 1.04 bits per heavy atom. The summed E-state index contributed by atoms with van der Waals surface area (Å²) in [6.45, 7) is 0. The van der Waals surface area contributed by atoms with Crippen LogP contribution in [-0.4, -0.2) is 36.6 Å². The third-order valence-corrected chi connectivity index (χ3v) is 3.65. The van der Waals surface area contributed by atoms with Gasteiger partial charge in [0.25, 0.3) is 0 Å². The van der Waals surface area contributed by atoms with Crippen LogP contribution in [0.2, 0.25) is 10.0 Å². The Hall–Kier alpha value is -1.53. The normalized spacial score (nSPS) is 13.2. The second-order valence-electron chi connectivity index (χ2n) is 5.95. The SMILES string of the molecule is C[N+](C)(C)/C(=N/C([S-])=Nc1ccccc1F)c1cc(Cl)cc(Cl)c1. The predicted octanol–water partition coefficient (Wildman–Crippen LogP) is 4.82. The lowest BCUT2D eigenvalue weighted by Gasteiger charge is -2.26. The maximum Gasteiger partial charge on any atom is 0.234 e. The zero-order chi connectivity index (χ0) is 17.9. The molecule has 0 spiro atoms. The van der Waals surface area contributed by atoms with E-state index in [0.717, 1.165) is 5.56 Å². The molecule has 0 unspecified atom stereocenters. The summed E-state index contributed by atoms with van der Waals surface area (Å²) in [5.41, 5.74) is 0.877. The highest BCUT2D eigenvalue weighted by Gasteiger charge is 2.21. The number of rotatable bonds is 2. The Morgan fingerprint density at radius 2 is 1.62 bits per heavy atom. The fourth-order valence-electron chi connectivity index (χ4n) is 2.05. The molecule has 2 rings (SSSR count). The largest absolute Gasteiger partial charge is 0.740 e. The lowest BCUT2D eigenvalue weighted by Crippen LogP contribution is -2.42. The van der Waals surface area contributed by atoms with Gasteiger partial charge in [-0.15, -0.1) is 0 Å². The van der Waals surface area contributed by atoms with Crippen LogP contribution >= 0.6 is 23.2 Å². The first kappa shape index (κ1) is 18.8. The van der Waals surface area contributed by atoms with Gasteiger partial charge in [-0.25, -0.2) is 9.38 Å². The van der Waals surface area contributed by atoms with Gasteiger partial charge in [-0.2, -0.15) is 0 Å². The number of amidine groups is 2. The van der Waals surface area contributed by atoms with Crippen LogP contribution in [0.5, 0.6) is 0 Å². The predicted molar refractivity (Wildman–Crippen MR) is 102 cm³/mol. The number of aliphatic imine (C=N–C) groups is 2. The van der Waals surface area contributed by atoms with E-state index in [-0.39, 0.29) is 10.9 Å². The van der Waals surface area contributed by atoms with E-state index in [1.165, 1.54) is 6.07 Å². The van der Waals surface area contributed by atoms with Gasteiger partial charge in [0.05, 0.1) is 32.4 Å². The average molecular weight is 384 g/mol. The fraction of sp³-hybridized carbons (Fsp3) is 0.176. The molecule has 126 valence electrons. The molecule has 2 aromatic rings. The summed E-state index contributed by atoms with van der Waals surface area (Å²) in [5.74, 6) is 0.164. The molecule has 0 saturated heterocycles. The standard InChI is InChI=1S/C17H16Cl2FN3S/c1-23(2,3)16(11-8-12(18)10-13(19)9-11)22-17(24)21-15-7-5-4-6-14(15)20/h4-10H,1-3H3/b22-16+. The van der Waals surface area contributed by atoms with E-state index in [2.05, 4.69) is 9.98 Å². The molecule has 0 heterocycles. The number of para-hydroxylation sites is 1. The van der Waals surface area contributed by atoms with E-state index in [0.29, 0.717) is 20.4 Å². The first-order valence-corrected chi connectivity index (χ1v) is 8.20. The van der Waals surface area contributed by atoms with E-state index in [4.69, 9.17) is 35.8 Å². The van der Waals surface area contributed by atoms with Crippen LogP contribution in [0, 0.1) is 5.82 Å². The summed E-state index contributed by atoms with van der Waals surface area (Å²) in [4.78, 5) is 8.48. The van der Waals surface area contributed by atoms with Crippen LogP contribution in [0.15, 0.2) is 52.4 Å². The van der Waals surface area contributed by atoms with E-state index >= 15 is 0 Å². The topological polar surface area (TPSA) is 24.7 Å². The quantitative estimate of drug-likeness (QED) is 0.315. The van der Waals surface area contributed by atoms with Crippen molar-refractivity contribution in [2.45, 2.75) is 0 Å². The number of hydrogen-bond donors (Lipinski definition) is 0. The average Bonchev–Trinajstić information content (AvgIpc) is 2.45. The summed E-state index contributed by atoms with van der Waals surface area (Å²) in [6, 6.07) is 11.3. The Balaban J connectivity index is 2.52. The second-order valence-corrected chi connectivity index (χ2v) is 7.19. The molecule has 0 radical (unpaired) electrons. The van der Waals surface area contributed by atoms with Gasteiger partial charge in [0.1, 0.15) is 5.82 Å². The first-order valence-electron chi connectivity index (χ1n) is 7.04. The van der Waals surface area contributed by atoms with Crippen molar-refractivity contribution in [2.24, 2.45) is 9.98 Å². The van der Waals surface area contributed by atoms with Gasteiger partial charge in [-0.05, 0) is 30.3 Å². The molecule has 0 saturated carbocycles. The highest BCUT2D eigenvalue weighted by atomic mass is 35.5. The maximum atomic E-state index is 13.7. The van der Waals surface area contributed by atoms with Gasteiger partial charge < -0.3 is 12.6 Å². The van der Waals surface area contributed by atoms with Crippen molar-refractivity contribution in [3.63, 3.8) is 0 Å². The Morgan fingerprint density at radius 3 is 2.17 bits per heavy atom. The fourth-order valence-corrected chi connectivity index (χ4v) is 2.76. The molecule has 7 heteroatoms. The van der Waals surface area contributed by atoms with Crippen LogP contribution in [0.25, 0.3) is 0 Å². The number of benzene rings is 2. The summed E-state index contributed by atoms with van der Waals surface area (Å²) in [6.07, 6.45) is 0. The van der Waals surface area contributed by atoms with Gasteiger partial charge in [0, 0.05) is 15.2 Å². The number of quaternary nitrogens is 1. The van der Waals surface area contributed by atoms with Crippen LogP contribution in [-0.2, 0) is 12.6 Å². The molecular formula is C17H16Cl2FN3S. The van der Waals surface area contributed by atoms with Crippen molar-refractivity contribution in [1.82, 2.24) is 0 Å². The van der Waals surface area contributed by atoms with Crippen molar-refractivity contribution < 1.29 is 8.87 Å². The summed E-state index contributed by atoms with van der Waals surface area (Å²) < 4.78 is 14.1. The van der Waals surface area contributed by atoms with Crippen molar-refractivity contribution in [2.75, 3.05) is 21.1 Å². The van der Waals surface area contributed by atoms with Crippen LogP contribution < -0.4 is 0 Å². The van der Waals surface area contributed by atoms with Crippen molar-refractivity contribution >= 4 is 52.5 Å². The molecule has 0 aromatic heterocycles. The lowest BCUT2D eigenvalue weighted by atomic mass is 10.2. The first-order chi connectivity index (χ1) is 11.2. The summed E-state index contributed by atoms with van der Waals surface area (Å²) in [7, 11) is 5.79. The van der Waals surface area contributed by atoms with Gasteiger partial charge in [0.2, 0.25) is 5.84 Å². The van der Waals surface area contributed by atoms with Crippen LogP contribution in [0.1, 0.15) is 5.56 Å².